The highest BCUT2D eigenvalue weighted by Gasteiger charge is 2.26. The third kappa shape index (κ3) is 1.28. The minimum atomic E-state index is -0.291. The van der Waals surface area contributed by atoms with Gasteiger partial charge in [0.1, 0.15) is 5.82 Å². The quantitative estimate of drug-likeness (QED) is 0.722. The van der Waals surface area contributed by atoms with Crippen LogP contribution in [0, 0.1) is 11.7 Å². The molecule has 0 aliphatic heterocycles. The van der Waals surface area contributed by atoms with Crippen molar-refractivity contribution < 1.29 is 9.18 Å². The Balaban J connectivity index is 2.32. The van der Waals surface area contributed by atoms with Crippen LogP contribution in [0.2, 0.25) is 0 Å². The second kappa shape index (κ2) is 3.17. The SMILES string of the molecule is CC1CC(=O)c2c([nH]c3ccc(F)cc23)C1. The van der Waals surface area contributed by atoms with Crippen molar-refractivity contribution in [2.24, 2.45) is 5.92 Å². The lowest BCUT2D eigenvalue weighted by Gasteiger charge is -2.16. The van der Waals surface area contributed by atoms with Crippen LogP contribution in [-0.4, -0.2) is 10.8 Å². The second-order valence-electron chi connectivity index (χ2n) is 4.61. The number of hydrogen-bond donors (Lipinski definition) is 1. The zero-order valence-electron chi connectivity index (χ0n) is 9.01. The van der Waals surface area contributed by atoms with Gasteiger partial charge in [0.25, 0.3) is 0 Å². The number of hydrogen-bond acceptors (Lipinski definition) is 1. The smallest absolute Gasteiger partial charge is 0.165 e. The fourth-order valence-electron chi connectivity index (χ4n) is 2.53. The molecule has 2 nitrogen and oxygen atoms in total. The molecule has 3 rings (SSSR count). The number of carbonyl (C=O) groups excluding carboxylic acids is 1. The monoisotopic (exact) mass is 217 g/mol. The van der Waals surface area contributed by atoms with Crippen LogP contribution in [0.25, 0.3) is 10.9 Å². The molecule has 1 atom stereocenters. The molecule has 0 saturated carbocycles. The van der Waals surface area contributed by atoms with Crippen molar-refractivity contribution >= 4 is 16.7 Å². The number of nitrogens with one attached hydrogen (secondary N) is 1. The average molecular weight is 217 g/mol. The summed E-state index contributed by atoms with van der Waals surface area (Å²) in [7, 11) is 0. The van der Waals surface area contributed by atoms with Crippen molar-refractivity contribution in [1.82, 2.24) is 4.98 Å². The van der Waals surface area contributed by atoms with E-state index in [-0.39, 0.29) is 11.6 Å². The van der Waals surface area contributed by atoms with Crippen LogP contribution in [0.1, 0.15) is 29.4 Å². The molecule has 1 aliphatic carbocycles. The molecular weight excluding hydrogens is 205 g/mol. The Morgan fingerprint density at radius 3 is 3.00 bits per heavy atom. The molecule has 0 amide bonds. The van der Waals surface area contributed by atoms with Crippen molar-refractivity contribution in [2.75, 3.05) is 0 Å². The van der Waals surface area contributed by atoms with Crippen LogP contribution < -0.4 is 0 Å². The molecule has 1 aromatic heterocycles. The number of aromatic nitrogens is 1. The zero-order valence-corrected chi connectivity index (χ0v) is 9.01. The van der Waals surface area contributed by atoms with E-state index in [0.29, 0.717) is 17.9 Å². The van der Waals surface area contributed by atoms with E-state index in [1.165, 1.54) is 12.1 Å². The van der Waals surface area contributed by atoms with Crippen molar-refractivity contribution in [3.8, 4) is 0 Å². The molecule has 3 heteroatoms. The summed E-state index contributed by atoms with van der Waals surface area (Å²) in [6.07, 6.45) is 1.44. The van der Waals surface area contributed by atoms with Gasteiger partial charge in [-0.1, -0.05) is 6.92 Å². The number of carbonyl (C=O) groups is 1. The maximum Gasteiger partial charge on any atom is 0.165 e. The lowest BCUT2D eigenvalue weighted by atomic mass is 9.87. The molecule has 1 unspecified atom stereocenters. The summed E-state index contributed by atoms with van der Waals surface area (Å²) in [5.74, 6) is 0.212. The van der Waals surface area contributed by atoms with E-state index < -0.39 is 0 Å². The maximum absolute atomic E-state index is 13.2. The van der Waals surface area contributed by atoms with E-state index >= 15 is 0 Å². The van der Waals surface area contributed by atoms with Crippen LogP contribution >= 0.6 is 0 Å². The topological polar surface area (TPSA) is 32.9 Å². The second-order valence-corrected chi connectivity index (χ2v) is 4.61. The zero-order chi connectivity index (χ0) is 11.3. The van der Waals surface area contributed by atoms with E-state index in [9.17, 15) is 9.18 Å². The van der Waals surface area contributed by atoms with E-state index in [0.717, 1.165) is 23.0 Å². The van der Waals surface area contributed by atoms with Gasteiger partial charge in [0.2, 0.25) is 0 Å². The third-order valence-corrected chi connectivity index (χ3v) is 3.20. The summed E-state index contributed by atoms with van der Waals surface area (Å²) in [6.45, 7) is 2.06. The average Bonchev–Trinajstić information content (AvgIpc) is 2.54. The molecule has 0 saturated heterocycles. The standard InChI is InChI=1S/C13H12FNO/c1-7-4-11-13(12(16)5-7)9-6-8(14)2-3-10(9)15-11/h2-3,6-7,15H,4-5H2,1H3. The Bertz CT molecular complexity index is 585. The van der Waals surface area contributed by atoms with E-state index in [2.05, 4.69) is 11.9 Å². The Morgan fingerprint density at radius 2 is 2.19 bits per heavy atom. The summed E-state index contributed by atoms with van der Waals surface area (Å²) in [5, 5.41) is 0.729. The highest BCUT2D eigenvalue weighted by molar-refractivity contribution is 6.10. The van der Waals surface area contributed by atoms with Crippen molar-refractivity contribution in [3.63, 3.8) is 0 Å². The van der Waals surface area contributed by atoms with Gasteiger partial charge in [0.15, 0.2) is 5.78 Å². The fraction of sp³-hybridized carbons (Fsp3) is 0.308. The molecule has 16 heavy (non-hydrogen) atoms. The Kier molecular flexibility index (Phi) is 1.90. The Hall–Kier alpha value is -1.64. The van der Waals surface area contributed by atoms with Gasteiger partial charge in [-0.15, -0.1) is 0 Å². The normalized spacial score (nSPS) is 20.1. The molecule has 0 bridgehead atoms. The van der Waals surface area contributed by atoms with Crippen LogP contribution in [0.5, 0.6) is 0 Å². The van der Waals surface area contributed by atoms with Gasteiger partial charge in [-0.3, -0.25) is 4.79 Å². The van der Waals surface area contributed by atoms with Crippen molar-refractivity contribution in [2.45, 2.75) is 19.8 Å². The summed E-state index contributed by atoms with van der Waals surface area (Å²) in [5.41, 5.74) is 2.52. The number of halogens is 1. The van der Waals surface area contributed by atoms with Gasteiger partial charge >= 0.3 is 0 Å². The largest absolute Gasteiger partial charge is 0.358 e. The van der Waals surface area contributed by atoms with Crippen LogP contribution in [0.3, 0.4) is 0 Å². The lowest BCUT2D eigenvalue weighted by molar-refractivity contribution is 0.0955. The lowest BCUT2D eigenvalue weighted by Crippen LogP contribution is -2.16. The number of Topliss-reactive ketones (excluding diaryl/α,β-unsaturated/α-hetero) is 1. The highest BCUT2D eigenvalue weighted by atomic mass is 19.1. The first-order valence-electron chi connectivity index (χ1n) is 5.48. The molecule has 1 aliphatic rings. The van der Waals surface area contributed by atoms with Gasteiger partial charge in [0.05, 0.1) is 0 Å². The minimum Gasteiger partial charge on any atom is -0.358 e. The first-order chi connectivity index (χ1) is 7.65. The summed E-state index contributed by atoms with van der Waals surface area (Å²) in [6, 6.07) is 4.55. The molecule has 0 spiro atoms. The number of aromatic amines is 1. The first kappa shape index (κ1) is 9.58. The number of rotatable bonds is 0. The van der Waals surface area contributed by atoms with E-state index in [1.807, 2.05) is 0 Å². The maximum atomic E-state index is 13.2. The Morgan fingerprint density at radius 1 is 1.38 bits per heavy atom. The Labute approximate surface area is 92.5 Å². The number of ketones is 1. The highest BCUT2D eigenvalue weighted by Crippen LogP contribution is 2.31. The van der Waals surface area contributed by atoms with Crippen LogP contribution in [0.15, 0.2) is 18.2 Å². The molecular formula is C13H12FNO. The van der Waals surface area contributed by atoms with E-state index in [1.54, 1.807) is 6.07 Å². The van der Waals surface area contributed by atoms with Crippen LogP contribution in [0.4, 0.5) is 4.39 Å². The molecule has 1 heterocycles. The molecule has 0 radical (unpaired) electrons. The van der Waals surface area contributed by atoms with Gasteiger partial charge in [-0.05, 0) is 30.5 Å². The van der Waals surface area contributed by atoms with Crippen molar-refractivity contribution in [3.05, 3.63) is 35.3 Å². The fourth-order valence-corrected chi connectivity index (χ4v) is 2.53. The van der Waals surface area contributed by atoms with Crippen molar-refractivity contribution in [1.29, 1.82) is 0 Å². The van der Waals surface area contributed by atoms with E-state index in [4.69, 9.17) is 0 Å². The predicted molar refractivity (Wildman–Crippen MR) is 60.1 cm³/mol. The van der Waals surface area contributed by atoms with Gasteiger partial charge in [-0.25, -0.2) is 4.39 Å². The first-order valence-corrected chi connectivity index (χ1v) is 5.48. The summed E-state index contributed by atoms with van der Waals surface area (Å²) in [4.78, 5) is 15.2. The number of H-pyrrole nitrogens is 1. The van der Waals surface area contributed by atoms with Gasteiger partial charge in [-0.2, -0.15) is 0 Å². The molecule has 82 valence electrons. The molecule has 1 N–H and O–H groups in total. The predicted octanol–water partition coefficient (Wildman–Crippen LogP) is 3.07. The van der Waals surface area contributed by atoms with Gasteiger partial charge in [0, 0.05) is 28.6 Å². The van der Waals surface area contributed by atoms with Crippen LogP contribution in [-0.2, 0) is 6.42 Å². The molecule has 2 aromatic rings. The molecule has 1 aromatic carbocycles. The summed E-state index contributed by atoms with van der Waals surface area (Å²) >= 11 is 0. The molecule has 0 fully saturated rings. The third-order valence-electron chi connectivity index (χ3n) is 3.20. The van der Waals surface area contributed by atoms with Gasteiger partial charge < -0.3 is 4.98 Å². The minimum absolute atomic E-state index is 0.130. The number of fused-ring (bicyclic) bond motifs is 3. The number of benzene rings is 1. The summed E-state index contributed by atoms with van der Waals surface area (Å²) < 4.78 is 13.2.